The van der Waals surface area contributed by atoms with E-state index in [0.717, 1.165) is 32.2 Å². The summed E-state index contributed by atoms with van der Waals surface area (Å²) in [6, 6.07) is 0.151. The predicted octanol–water partition coefficient (Wildman–Crippen LogP) is 0.794. The molecule has 4 nitrogen and oxygen atoms in total. The summed E-state index contributed by atoms with van der Waals surface area (Å²) in [5.74, 6) is 0.493. The van der Waals surface area contributed by atoms with Gasteiger partial charge in [0.25, 0.3) is 0 Å². The van der Waals surface area contributed by atoms with Crippen molar-refractivity contribution in [3.05, 3.63) is 0 Å². The lowest BCUT2D eigenvalue weighted by Gasteiger charge is -2.33. The van der Waals surface area contributed by atoms with Gasteiger partial charge in [0, 0.05) is 6.04 Å². The van der Waals surface area contributed by atoms with Crippen molar-refractivity contribution in [2.75, 3.05) is 6.54 Å². The number of carbonyl (C=O) groups excluding carboxylic acids is 1. The van der Waals surface area contributed by atoms with Crippen molar-refractivity contribution in [1.29, 1.82) is 0 Å². The van der Waals surface area contributed by atoms with Crippen molar-refractivity contribution < 1.29 is 9.90 Å². The van der Waals surface area contributed by atoms with E-state index in [4.69, 9.17) is 0 Å². The molecule has 0 aromatic rings. The molecule has 0 aromatic heterocycles. The molecular formula is C13H24N2O2. The molecule has 1 heterocycles. The molecule has 0 spiro atoms. The van der Waals surface area contributed by atoms with Crippen LogP contribution in [0.2, 0.25) is 0 Å². The third-order valence-corrected chi connectivity index (χ3v) is 4.13. The number of piperidine rings is 1. The second-order valence-corrected chi connectivity index (χ2v) is 5.57. The zero-order valence-corrected chi connectivity index (χ0v) is 10.6. The Bertz CT molecular complexity index is 264. The molecule has 0 radical (unpaired) electrons. The maximum absolute atomic E-state index is 12.0. The van der Waals surface area contributed by atoms with Gasteiger partial charge in [0.1, 0.15) is 0 Å². The van der Waals surface area contributed by atoms with Crippen LogP contribution in [0, 0.1) is 5.92 Å². The van der Waals surface area contributed by atoms with Crippen LogP contribution in [-0.4, -0.2) is 35.7 Å². The summed E-state index contributed by atoms with van der Waals surface area (Å²) in [6.07, 6.45) is 5.70. The van der Waals surface area contributed by atoms with E-state index in [9.17, 15) is 9.90 Å². The molecule has 98 valence electrons. The highest BCUT2D eigenvalue weighted by molar-refractivity contribution is 5.82. The van der Waals surface area contributed by atoms with Crippen molar-refractivity contribution >= 4 is 5.91 Å². The van der Waals surface area contributed by atoms with Crippen LogP contribution in [-0.2, 0) is 4.79 Å². The third kappa shape index (κ3) is 3.42. The first kappa shape index (κ1) is 12.8. The average Bonchev–Trinajstić information content (AvgIpc) is 2.35. The van der Waals surface area contributed by atoms with Crippen LogP contribution in [0.3, 0.4) is 0 Å². The molecule has 4 heteroatoms. The summed E-state index contributed by atoms with van der Waals surface area (Å²) in [5, 5.41) is 16.1. The predicted molar refractivity (Wildman–Crippen MR) is 66.6 cm³/mol. The Labute approximate surface area is 103 Å². The van der Waals surface area contributed by atoms with E-state index < -0.39 is 0 Å². The van der Waals surface area contributed by atoms with Gasteiger partial charge in [0.2, 0.25) is 5.91 Å². The average molecular weight is 240 g/mol. The number of aliphatic hydroxyl groups is 1. The summed E-state index contributed by atoms with van der Waals surface area (Å²) in [4.78, 5) is 12.0. The molecule has 0 aromatic carbocycles. The molecule has 0 bridgehead atoms. The van der Waals surface area contributed by atoms with Crippen LogP contribution >= 0.6 is 0 Å². The van der Waals surface area contributed by atoms with Crippen molar-refractivity contribution in [2.45, 2.75) is 63.6 Å². The van der Waals surface area contributed by atoms with Crippen LogP contribution in [0.15, 0.2) is 0 Å². The Balaban J connectivity index is 1.78. The molecule has 1 saturated heterocycles. The molecule has 2 aliphatic rings. The molecule has 1 aliphatic carbocycles. The summed E-state index contributed by atoms with van der Waals surface area (Å²) in [5.41, 5.74) is 0. The van der Waals surface area contributed by atoms with Crippen molar-refractivity contribution in [1.82, 2.24) is 10.6 Å². The largest absolute Gasteiger partial charge is 0.393 e. The van der Waals surface area contributed by atoms with Crippen LogP contribution in [0.25, 0.3) is 0 Å². The molecule has 17 heavy (non-hydrogen) atoms. The summed E-state index contributed by atoms with van der Waals surface area (Å²) in [6.45, 7) is 3.02. The number of hydrogen-bond acceptors (Lipinski definition) is 3. The molecule has 3 N–H and O–H groups in total. The Morgan fingerprint density at radius 1 is 1.29 bits per heavy atom. The van der Waals surface area contributed by atoms with Crippen LogP contribution in [0.1, 0.15) is 45.4 Å². The highest BCUT2D eigenvalue weighted by atomic mass is 16.3. The van der Waals surface area contributed by atoms with E-state index >= 15 is 0 Å². The van der Waals surface area contributed by atoms with Gasteiger partial charge in [-0.15, -0.1) is 0 Å². The third-order valence-electron chi connectivity index (χ3n) is 4.13. The van der Waals surface area contributed by atoms with Crippen molar-refractivity contribution in [2.24, 2.45) is 5.92 Å². The first-order valence-corrected chi connectivity index (χ1v) is 6.88. The zero-order chi connectivity index (χ0) is 12.3. The minimum atomic E-state index is -0.256. The quantitative estimate of drug-likeness (QED) is 0.669. The number of rotatable bonds is 2. The maximum Gasteiger partial charge on any atom is 0.237 e. The van der Waals surface area contributed by atoms with Gasteiger partial charge in [-0.3, -0.25) is 4.79 Å². The topological polar surface area (TPSA) is 61.4 Å². The van der Waals surface area contributed by atoms with Crippen LogP contribution in [0.4, 0.5) is 0 Å². The van der Waals surface area contributed by atoms with Gasteiger partial charge in [-0.1, -0.05) is 13.3 Å². The highest BCUT2D eigenvalue weighted by Gasteiger charge is 2.29. The second-order valence-electron chi connectivity index (χ2n) is 5.57. The standard InChI is InChI=1S/C13H24N2O2/c1-9-5-6-10(8-12(9)16)15-13(17)11-4-2-3-7-14-11/h9-12,14,16H,2-8H2,1H3,(H,15,17). The van der Waals surface area contributed by atoms with Gasteiger partial charge in [-0.2, -0.15) is 0 Å². The number of hydrogen-bond donors (Lipinski definition) is 3. The molecule has 2 rings (SSSR count). The highest BCUT2D eigenvalue weighted by Crippen LogP contribution is 2.24. The summed E-state index contributed by atoms with van der Waals surface area (Å²) in [7, 11) is 0. The number of carbonyl (C=O) groups is 1. The van der Waals surface area contributed by atoms with Gasteiger partial charge in [0.05, 0.1) is 12.1 Å². The van der Waals surface area contributed by atoms with Gasteiger partial charge < -0.3 is 15.7 Å². The van der Waals surface area contributed by atoms with E-state index in [1.54, 1.807) is 0 Å². The first-order chi connectivity index (χ1) is 8.16. The van der Waals surface area contributed by atoms with E-state index in [1.807, 2.05) is 0 Å². The lowest BCUT2D eigenvalue weighted by Crippen LogP contribution is -2.51. The van der Waals surface area contributed by atoms with Gasteiger partial charge >= 0.3 is 0 Å². The monoisotopic (exact) mass is 240 g/mol. The lowest BCUT2D eigenvalue weighted by atomic mass is 9.84. The summed E-state index contributed by atoms with van der Waals surface area (Å²) >= 11 is 0. The lowest BCUT2D eigenvalue weighted by molar-refractivity contribution is -0.125. The van der Waals surface area contributed by atoms with Crippen LogP contribution < -0.4 is 10.6 Å². The number of nitrogens with one attached hydrogen (secondary N) is 2. The SMILES string of the molecule is CC1CCC(NC(=O)C2CCCCN2)CC1O. The molecule has 1 saturated carbocycles. The van der Waals surface area contributed by atoms with E-state index in [-0.39, 0.29) is 24.1 Å². The molecule has 1 amide bonds. The summed E-state index contributed by atoms with van der Waals surface area (Å²) < 4.78 is 0. The van der Waals surface area contributed by atoms with E-state index in [0.29, 0.717) is 12.3 Å². The van der Waals surface area contributed by atoms with Crippen molar-refractivity contribution in [3.63, 3.8) is 0 Å². The molecule has 4 atom stereocenters. The minimum absolute atomic E-state index is 0.0137. The Hall–Kier alpha value is -0.610. The Morgan fingerprint density at radius 3 is 2.76 bits per heavy atom. The zero-order valence-electron chi connectivity index (χ0n) is 10.6. The minimum Gasteiger partial charge on any atom is -0.393 e. The second kappa shape index (κ2) is 5.83. The van der Waals surface area contributed by atoms with Gasteiger partial charge in [0.15, 0.2) is 0 Å². The maximum atomic E-state index is 12.0. The Morgan fingerprint density at radius 2 is 2.12 bits per heavy atom. The number of amides is 1. The normalized spacial score (nSPS) is 38.7. The fourth-order valence-corrected chi connectivity index (χ4v) is 2.81. The molecule has 2 fully saturated rings. The first-order valence-electron chi connectivity index (χ1n) is 6.88. The Kier molecular flexibility index (Phi) is 4.40. The van der Waals surface area contributed by atoms with E-state index in [2.05, 4.69) is 17.6 Å². The molecule has 1 aliphatic heterocycles. The van der Waals surface area contributed by atoms with E-state index in [1.165, 1.54) is 6.42 Å². The van der Waals surface area contributed by atoms with Gasteiger partial charge in [-0.25, -0.2) is 0 Å². The smallest absolute Gasteiger partial charge is 0.237 e. The molecule has 4 unspecified atom stereocenters. The van der Waals surface area contributed by atoms with Crippen molar-refractivity contribution in [3.8, 4) is 0 Å². The van der Waals surface area contributed by atoms with Crippen LogP contribution in [0.5, 0.6) is 0 Å². The fourth-order valence-electron chi connectivity index (χ4n) is 2.81. The molecular weight excluding hydrogens is 216 g/mol. The van der Waals surface area contributed by atoms with Gasteiger partial charge in [-0.05, 0) is 44.6 Å². The fraction of sp³-hybridized carbons (Fsp3) is 0.923. The number of aliphatic hydroxyl groups excluding tert-OH is 1.